The van der Waals surface area contributed by atoms with Gasteiger partial charge in [0.1, 0.15) is 11.4 Å². The second-order valence-electron chi connectivity index (χ2n) is 7.32. The normalized spacial score (nSPS) is 16.4. The van der Waals surface area contributed by atoms with Crippen LogP contribution in [0.2, 0.25) is 5.02 Å². The van der Waals surface area contributed by atoms with Crippen LogP contribution in [-0.4, -0.2) is 28.9 Å². The lowest BCUT2D eigenvalue weighted by Gasteiger charge is -2.27. The van der Waals surface area contributed by atoms with Crippen molar-refractivity contribution in [3.05, 3.63) is 69.9 Å². The van der Waals surface area contributed by atoms with Crippen LogP contribution in [0.5, 0.6) is 0 Å². The quantitative estimate of drug-likeness (QED) is 0.727. The maximum Gasteiger partial charge on any atom is 0.218 e. The Hall–Kier alpha value is -3.32. The summed E-state index contributed by atoms with van der Waals surface area (Å²) >= 11 is 6.35. The summed E-state index contributed by atoms with van der Waals surface area (Å²) in [4.78, 5) is 25.7. The molecule has 0 saturated carbocycles. The minimum absolute atomic E-state index is 0.0616. The van der Waals surface area contributed by atoms with Crippen LogP contribution in [-0.2, 0) is 9.59 Å². The van der Waals surface area contributed by atoms with Crippen LogP contribution in [0.1, 0.15) is 26.0 Å². The summed E-state index contributed by atoms with van der Waals surface area (Å²) < 4.78 is 5.40. The number of anilines is 1. The van der Waals surface area contributed by atoms with E-state index in [4.69, 9.17) is 16.1 Å². The van der Waals surface area contributed by atoms with Gasteiger partial charge in [-0.15, -0.1) is 0 Å². The predicted octanol–water partition coefficient (Wildman–Crippen LogP) is 4.12. The second kappa shape index (κ2) is 7.84. The van der Waals surface area contributed by atoms with Crippen molar-refractivity contribution in [2.24, 2.45) is 0 Å². The van der Waals surface area contributed by atoms with E-state index < -0.39 is 0 Å². The van der Waals surface area contributed by atoms with Crippen LogP contribution >= 0.6 is 11.6 Å². The van der Waals surface area contributed by atoms with Crippen LogP contribution in [0.3, 0.4) is 0 Å². The number of hydrazine groups is 1. The van der Waals surface area contributed by atoms with Gasteiger partial charge in [-0.05, 0) is 32.4 Å². The van der Waals surface area contributed by atoms with E-state index in [1.807, 2.05) is 37.1 Å². The zero-order valence-electron chi connectivity index (χ0n) is 16.9. The molecule has 154 valence electrons. The number of nitrogens with zero attached hydrogens (tertiary/aromatic N) is 3. The molecule has 1 aromatic heterocycles. The van der Waals surface area contributed by atoms with Crippen LogP contribution < -0.4 is 10.3 Å². The number of halogens is 1. The maximum absolute atomic E-state index is 12.1. The average Bonchev–Trinajstić information content (AvgIpc) is 3.34. The molecule has 1 amide bonds. The number of hydrogen-bond acceptors (Lipinski definition) is 6. The van der Waals surface area contributed by atoms with Gasteiger partial charge in [0.25, 0.3) is 0 Å². The molecule has 8 heteroatoms. The lowest BCUT2D eigenvalue weighted by Crippen LogP contribution is -2.33. The summed E-state index contributed by atoms with van der Waals surface area (Å²) in [6.07, 6.45) is 4.53. The minimum Gasteiger partial charge on any atom is -0.359 e. The predicted molar refractivity (Wildman–Crippen MR) is 114 cm³/mol. The van der Waals surface area contributed by atoms with Gasteiger partial charge in [0, 0.05) is 24.3 Å². The molecule has 2 aromatic rings. The fraction of sp³-hybridized carbons (Fsp3) is 0.227. The van der Waals surface area contributed by atoms with E-state index in [1.54, 1.807) is 25.3 Å². The van der Waals surface area contributed by atoms with Crippen LogP contribution in [0.4, 0.5) is 5.69 Å². The molecule has 0 saturated heterocycles. The molecular weight excluding hydrogens is 404 g/mol. The average molecular weight is 425 g/mol. The highest BCUT2D eigenvalue weighted by molar-refractivity contribution is 6.33. The molecule has 30 heavy (non-hydrogen) atoms. The summed E-state index contributed by atoms with van der Waals surface area (Å²) in [7, 11) is 0. The first kappa shape index (κ1) is 20.0. The highest BCUT2D eigenvalue weighted by Crippen LogP contribution is 2.38. The SMILES string of the molecule is CC1=C(C)C(N2CC(N(C=O)c3c(-c4ccccc4Cl)noc3C)=CN2)=CC(=O)C1. The van der Waals surface area contributed by atoms with Crippen molar-refractivity contribution in [2.45, 2.75) is 27.2 Å². The third kappa shape index (κ3) is 3.41. The molecule has 0 radical (unpaired) electrons. The van der Waals surface area contributed by atoms with Gasteiger partial charge in [-0.2, -0.15) is 0 Å². The molecular formula is C22H21ClN4O3. The van der Waals surface area contributed by atoms with E-state index in [0.717, 1.165) is 23.3 Å². The number of aryl methyl sites for hydroxylation is 1. The number of hydrogen-bond donors (Lipinski definition) is 1. The number of nitrogens with one attached hydrogen (secondary N) is 1. The molecule has 0 atom stereocenters. The summed E-state index contributed by atoms with van der Waals surface area (Å²) in [5.74, 6) is 0.557. The van der Waals surface area contributed by atoms with Crippen molar-refractivity contribution >= 4 is 29.5 Å². The zero-order valence-corrected chi connectivity index (χ0v) is 17.7. The molecule has 1 aromatic carbocycles. The fourth-order valence-electron chi connectivity index (χ4n) is 3.66. The number of carbonyl (C=O) groups excluding carboxylic acids is 2. The molecule has 1 N–H and O–H groups in total. The van der Waals surface area contributed by atoms with Gasteiger partial charge in [0.05, 0.1) is 23.0 Å². The van der Waals surface area contributed by atoms with E-state index in [-0.39, 0.29) is 5.78 Å². The molecule has 1 aliphatic heterocycles. The fourth-order valence-corrected chi connectivity index (χ4v) is 3.88. The first-order chi connectivity index (χ1) is 14.4. The van der Waals surface area contributed by atoms with Crippen LogP contribution in [0.15, 0.2) is 63.6 Å². The highest BCUT2D eigenvalue weighted by atomic mass is 35.5. The van der Waals surface area contributed by atoms with Crippen molar-refractivity contribution in [3.63, 3.8) is 0 Å². The van der Waals surface area contributed by atoms with Gasteiger partial charge in [-0.3, -0.25) is 19.5 Å². The van der Waals surface area contributed by atoms with Gasteiger partial charge < -0.3 is 9.95 Å². The summed E-state index contributed by atoms with van der Waals surface area (Å²) in [5.41, 5.74) is 8.43. The third-order valence-electron chi connectivity index (χ3n) is 5.38. The van der Waals surface area contributed by atoms with E-state index in [0.29, 0.717) is 46.4 Å². The topological polar surface area (TPSA) is 78.7 Å². The first-order valence-electron chi connectivity index (χ1n) is 9.50. The Labute approximate surface area is 179 Å². The van der Waals surface area contributed by atoms with E-state index in [1.165, 1.54) is 4.90 Å². The molecule has 1 aliphatic carbocycles. The molecule has 2 heterocycles. The van der Waals surface area contributed by atoms with Crippen molar-refractivity contribution < 1.29 is 14.1 Å². The molecule has 2 aliphatic rings. The molecule has 4 rings (SSSR count). The summed E-state index contributed by atoms with van der Waals surface area (Å²) in [6.45, 7) is 6.08. The second-order valence-corrected chi connectivity index (χ2v) is 7.73. The van der Waals surface area contributed by atoms with Gasteiger partial charge in [0.15, 0.2) is 11.5 Å². The summed E-state index contributed by atoms with van der Waals surface area (Å²) in [6, 6.07) is 7.27. The van der Waals surface area contributed by atoms with E-state index in [2.05, 4.69) is 10.6 Å². The Kier molecular flexibility index (Phi) is 5.22. The minimum atomic E-state index is 0.0616. The zero-order chi connectivity index (χ0) is 21.4. The van der Waals surface area contributed by atoms with Gasteiger partial charge in [-0.25, -0.2) is 0 Å². The summed E-state index contributed by atoms with van der Waals surface area (Å²) in [5, 5.41) is 6.50. The monoisotopic (exact) mass is 424 g/mol. The lowest BCUT2D eigenvalue weighted by atomic mass is 9.96. The molecule has 0 spiro atoms. The number of allylic oxidation sites excluding steroid dienone is 3. The number of amides is 1. The van der Waals surface area contributed by atoms with Gasteiger partial charge in [-0.1, -0.05) is 40.5 Å². The van der Waals surface area contributed by atoms with Gasteiger partial charge >= 0.3 is 0 Å². The Morgan fingerprint density at radius 2 is 2.03 bits per heavy atom. The third-order valence-corrected chi connectivity index (χ3v) is 5.71. The lowest BCUT2D eigenvalue weighted by molar-refractivity contribution is -0.114. The highest BCUT2D eigenvalue weighted by Gasteiger charge is 2.30. The molecule has 0 bridgehead atoms. The Morgan fingerprint density at radius 1 is 1.27 bits per heavy atom. The van der Waals surface area contributed by atoms with Crippen LogP contribution in [0, 0.1) is 6.92 Å². The van der Waals surface area contributed by atoms with Crippen molar-refractivity contribution in [3.8, 4) is 11.3 Å². The number of benzene rings is 1. The van der Waals surface area contributed by atoms with E-state index in [9.17, 15) is 9.59 Å². The molecule has 0 fully saturated rings. The molecule has 0 unspecified atom stereocenters. The first-order valence-corrected chi connectivity index (χ1v) is 9.88. The smallest absolute Gasteiger partial charge is 0.218 e. The van der Waals surface area contributed by atoms with E-state index >= 15 is 0 Å². The Morgan fingerprint density at radius 3 is 2.77 bits per heavy atom. The maximum atomic E-state index is 12.1. The standard InChI is InChI=1S/C22H21ClN4O3/c1-13-8-17(29)9-20(14(13)2)27-11-16(10-24-27)26(12-28)22-15(3)30-25-21(22)18-6-4-5-7-19(18)23/h4-7,9-10,12,24H,8,11H2,1-3H3. The molecule has 7 nitrogen and oxygen atoms in total. The largest absolute Gasteiger partial charge is 0.359 e. The number of rotatable bonds is 5. The number of carbonyl (C=O) groups is 2. The Balaban J connectivity index is 1.66. The number of aromatic nitrogens is 1. The van der Waals surface area contributed by atoms with Crippen molar-refractivity contribution in [1.29, 1.82) is 0 Å². The van der Waals surface area contributed by atoms with Gasteiger partial charge in [0.2, 0.25) is 6.41 Å². The van der Waals surface area contributed by atoms with Crippen molar-refractivity contribution in [2.75, 3.05) is 11.4 Å². The Bertz CT molecular complexity index is 1130. The number of ketones is 1. The van der Waals surface area contributed by atoms with Crippen molar-refractivity contribution in [1.82, 2.24) is 15.6 Å². The van der Waals surface area contributed by atoms with Crippen LogP contribution in [0.25, 0.3) is 11.3 Å².